The van der Waals surface area contributed by atoms with Gasteiger partial charge in [0.1, 0.15) is 5.82 Å². The summed E-state index contributed by atoms with van der Waals surface area (Å²) in [6.07, 6.45) is 0.884. The van der Waals surface area contributed by atoms with Gasteiger partial charge in [0.25, 0.3) is 5.91 Å². The molecule has 0 radical (unpaired) electrons. The van der Waals surface area contributed by atoms with Crippen LogP contribution < -0.4 is 5.32 Å². The highest BCUT2D eigenvalue weighted by Gasteiger charge is 2.42. The lowest BCUT2D eigenvalue weighted by atomic mass is 9.93. The first kappa shape index (κ1) is 19.5. The Labute approximate surface area is 162 Å². The smallest absolute Gasteiger partial charge is 0.267 e. The normalized spacial score (nSPS) is 19.5. The van der Waals surface area contributed by atoms with Crippen molar-refractivity contribution in [2.45, 2.75) is 51.6 Å². The molecular formula is C20H24FN3O2S. The van der Waals surface area contributed by atoms with Crippen LogP contribution in [0.4, 0.5) is 4.39 Å². The average molecular weight is 389 g/mol. The second kappa shape index (κ2) is 7.38. The highest BCUT2D eigenvalue weighted by Crippen LogP contribution is 2.28. The summed E-state index contributed by atoms with van der Waals surface area (Å²) < 4.78 is 13.9. The summed E-state index contributed by atoms with van der Waals surface area (Å²) in [5.41, 5.74) is 0.760. The molecule has 0 spiro atoms. The molecule has 0 saturated heterocycles. The number of hydrogen-bond donors (Lipinski definition) is 1. The average Bonchev–Trinajstić information content (AvgIpc) is 3.23. The summed E-state index contributed by atoms with van der Waals surface area (Å²) in [7, 11) is 0. The number of carbonyl (C=O) groups excluding carboxylic acids is 1. The molecule has 1 atom stereocenters. The summed E-state index contributed by atoms with van der Waals surface area (Å²) in [5, 5.41) is 9.88. The van der Waals surface area contributed by atoms with Crippen molar-refractivity contribution < 1.29 is 14.0 Å². The van der Waals surface area contributed by atoms with Gasteiger partial charge in [-0.25, -0.2) is 9.37 Å². The predicted molar refractivity (Wildman–Crippen MR) is 105 cm³/mol. The summed E-state index contributed by atoms with van der Waals surface area (Å²) in [4.78, 5) is 22.6. The lowest BCUT2D eigenvalue weighted by molar-refractivity contribution is -0.141. The van der Waals surface area contributed by atoms with E-state index < -0.39 is 5.60 Å². The second-order valence-electron chi connectivity index (χ2n) is 7.90. The van der Waals surface area contributed by atoms with Gasteiger partial charge in [-0.05, 0) is 13.0 Å². The maximum atomic E-state index is 13.9. The minimum Gasteiger partial charge on any atom is -0.379 e. The number of amides is 1. The van der Waals surface area contributed by atoms with Crippen molar-refractivity contribution >= 4 is 23.0 Å². The third kappa shape index (κ3) is 4.35. The number of rotatable bonds is 5. The van der Waals surface area contributed by atoms with Gasteiger partial charge < -0.3 is 10.2 Å². The third-order valence-corrected chi connectivity index (χ3v) is 5.38. The van der Waals surface area contributed by atoms with Gasteiger partial charge in [0.15, 0.2) is 0 Å². The number of thiazole rings is 1. The van der Waals surface area contributed by atoms with E-state index in [4.69, 9.17) is 4.84 Å². The highest BCUT2D eigenvalue weighted by atomic mass is 32.1. The molecule has 3 rings (SSSR count). The van der Waals surface area contributed by atoms with Crippen molar-refractivity contribution in [3.8, 4) is 0 Å². The second-order valence-corrected chi connectivity index (χ2v) is 8.84. The van der Waals surface area contributed by atoms with Crippen LogP contribution in [0.1, 0.15) is 50.4 Å². The zero-order chi connectivity index (χ0) is 19.7. The van der Waals surface area contributed by atoms with Crippen LogP contribution in [0.25, 0.3) is 0 Å². The van der Waals surface area contributed by atoms with Crippen molar-refractivity contribution in [3.63, 3.8) is 0 Å². The van der Waals surface area contributed by atoms with E-state index in [0.717, 1.165) is 10.7 Å². The molecule has 1 aliphatic heterocycles. The fraction of sp³-hybridized carbons (Fsp3) is 0.450. The predicted octanol–water partition coefficient (Wildman–Crippen LogP) is 3.82. The number of hydrogen-bond acceptors (Lipinski definition) is 5. The Morgan fingerprint density at radius 3 is 2.78 bits per heavy atom. The quantitative estimate of drug-likeness (QED) is 0.845. The summed E-state index contributed by atoms with van der Waals surface area (Å²) >= 11 is 1.60. The minimum absolute atomic E-state index is 0.0175. The Morgan fingerprint density at radius 2 is 2.11 bits per heavy atom. The molecule has 0 fully saturated rings. The molecule has 5 nitrogen and oxygen atoms in total. The fourth-order valence-electron chi connectivity index (χ4n) is 2.74. The molecule has 1 aromatic carbocycles. The molecule has 0 bridgehead atoms. The van der Waals surface area contributed by atoms with E-state index in [2.05, 4.69) is 41.6 Å². The summed E-state index contributed by atoms with van der Waals surface area (Å²) in [6, 6.07) is 6.35. The van der Waals surface area contributed by atoms with Gasteiger partial charge in [-0.1, -0.05) is 44.1 Å². The van der Waals surface area contributed by atoms with Gasteiger partial charge in [-0.15, -0.1) is 11.3 Å². The standard InChI is InChI=1S/C20H24FN3O2S/c1-19(2,3)16-12-27-17(23-16)9-10-22-18(25)20(4)11-15(24-26-20)13-7-5-6-8-14(13)21/h5-8,12H,9-11H2,1-4H3,(H,22,25). The monoisotopic (exact) mass is 389 g/mol. The number of nitrogens with zero attached hydrogens (tertiary/aromatic N) is 2. The lowest BCUT2D eigenvalue weighted by Gasteiger charge is -2.20. The zero-order valence-electron chi connectivity index (χ0n) is 16.0. The fourth-order valence-corrected chi connectivity index (χ4v) is 3.77. The van der Waals surface area contributed by atoms with Crippen molar-refractivity contribution in [1.82, 2.24) is 10.3 Å². The third-order valence-electron chi connectivity index (χ3n) is 4.47. The van der Waals surface area contributed by atoms with E-state index in [9.17, 15) is 9.18 Å². The Kier molecular flexibility index (Phi) is 5.33. The van der Waals surface area contributed by atoms with Gasteiger partial charge in [-0.3, -0.25) is 4.79 Å². The van der Waals surface area contributed by atoms with Crippen LogP contribution in [0.3, 0.4) is 0 Å². The zero-order valence-corrected chi connectivity index (χ0v) is 16.8. The first-order chi connectivity index (χ1) is 12.7. The summed E-state index contributed by atoms with van der Waals surface area (Å²) in [5.74, 6) is -0.631. The van der Waals surface area contributed by atoms with E-state index in [1.54, 1.807) is 36.5 Å². The van der Waals surface area contributed by atoms with Crippen molar-refractivity contribution in [1.29, 1.82) is 0 Å². The molecule has 1 N–H and O–H groups in total. The van der Waals surface area contributed by atoms with Gasteiger partial charge in [-0.2, -0.15) is 0 Å². The molecule has 1 amide bonds. The Morgan fingerprint density at radius 1 is 1.37 bits per heavy atom. The first-order valence-electron chi connectivity index (χ1n) is 8.92. The van der Waals surface area contributed by atoms with Crippen LogP contribution >= 0.6 is 11.3 Å². The van der Waals surface area contributed by atoms with E-state index >= 15 is 0 Å². The first-order valence-corrected chi connectivity index (χ1v) is 9.80. The van der Waals surface area contributed by atoms with Gasteiger partial charge in [0.05, 0.1) is 16.4 Å². The molecular weight excluding hydrogens is 365 g/mol. The van der Waals surface area contributed by atoms with E-state index in [1.165, 1.54) is 6.07 Å². The van der Waals surface area contributed by atoms with Crippen LogP contribution in [0.2, 0.25) is 0 Å². The van der Waals surface area contributed by atoms with Crippen LogP contribution in [-0.2, 0) is 21.5 Å². The van der Waals surface area contributed by atoms with Crippen molar-refractivity contribution in [3.05, 3.63) is 51.7 Å². The SMILES string of the molecule is CC1(C(=O)NCCc2nc(C(C)(C)C)cs2)CC(c2ccccc2F)=NO1. The van der Waals surface area contributed by atoms with Gasteiger partial charge >= 0.3 is 0 Å². The van der Waals surface area contributed by atoms with Crippen LogP contribution in [0.15, 0.2) is 34.8 Å². The lowest BCUT2D eigenvalue weighted by Crippen LogP contribution is -2.45. The molecule has 2 heterocycles. The van der Waals surface area contributed by atoms with Gasteiger partial charge in [0.2, 0.25) is 5.60 Å². The summed E-state index contributed by atoms with van der Waals surface area (Å²) in [6.45, 7) is 8.50. The topological polar surface area (TPSA) is 63.6 Å². The minimum atomic E-state index is -1.13. The van der Waals surface area contributed by atoms with E-state index in [-0.39, 0.29) is 23.6 Å². The number of aromatic nitrogens is 1. The molecule has 144 valence electrons. The van der Waals surface area contributed by atoms with Crippen molar-refractivity contribution in [2.75, 3.05) is 6.54 Å². The van der Waals surface area contributed by atoms with Crippen LogP contribution in [-0.4, -0.2) is 28.7 Å². The van der Waals surface area contributed by atoms with E-state index in [1.807, 2.05) is 0 Å². The molecule has 1 unspecified atom stereocenters. The molecule has 7 heteroatoms. The number of oxime groups is 1. The highest BCUT2D eigenvalue weighted by molar-refractivity contribution is 7.09. The van der Waals surface area contributed by atoms with Crippen LogP contribution in [0.5, 0.6) is 0 Å². The van der Waals surface area contributed by atoms with E-state index in [0.29, 0.717) is 24.2 Å². The number of nitrogens with one attached hydrogen (secondary N) is 1. The Balaban J connectivity index is 1.54. The maximum Gasteiger partial charge on any atom is 0.267 e. The van der Waals surface area contributed by atoms with Gasteiger partial charge in [0, 0.05) is 35.7 Å². The molecule has 0 aliphatic carbocycles. The molecule has 1 aliphatic rings. The molecule has 2 aromatic rings. The molecule has 27 heavy (non-hydrogen) atoms. The largest absolute Gasteiger partial charge is 0.379 e. The van der Waals surface area contributed by atoms with Crippen molar-refractivity contribution in [2.24, 2.45) is 5.16 Å². The molecule has 0 saturated carbocycles. The Bertz CT molecular complexity index is 872. The maximum absolute atomic E-state index is 13.9. The Hall–Kier alpha value is -2.28. The van der Waals surface area contributed by atoms with Crippen LogP contribution in [0, 0.1) is 5.82 Å². The molecule has 1 aromatic heterocycles. The number of carbonyl (C=O) groups is 1. The number of benzene rings is 1. The number of halogens is 1.